The average molecular weight is 392 g/mol. The molecule has 7 heteroatoms. The van der Waals surface area contributed by atoms with Crippen molar-refractivity contribution >= 4 is 11.7 Å². The second kappa shape index (κ2) is 8.77. The lowest BCUT2D eigenvalue weighted by atomic mass is 10.1. The summed E-state index contributed by atoms with van der Waals surface area (Å²) in [6, 6.07) is 10.9. The minimum absolute atomic E-state index is 0.222. The summed E-state index contributed by atoms with van der Waals surface area (Å²) < 4.78 is 13.5. The zero-order chi connectivity index (χ0) is 20.1. The van der Waals surface area contributed by atoms with E-state index in [4.69, 9.17) is 9.47 Å². The molecule has 0 bridgehead atoms. The van der Waals surface area contributed by atoms with Gasteiger partial charge in [0.1, 0.15) is 6.61 Å². The Kier molecular flexibility index (Phi) is 5.74. The van der Waals surface area contributed by atoms with E-state index < -0.39 is 0 Å². The summed E-state index contributed by atoms with van der Waals surface area (Å²) in [4.78, 5) is 16.8. The van der Waals surface area contributed by atoms with E-state index in [9.17, 15) is 4.79 Å². The van der Waals surface area contributed by atoms with Crippen LogP contribution in [0.15, 0.2) is 48.8 Å². The van der Waals surface area contributed by atoms with Gasteiger partial charge in [-0.2, -0.15) is 5.10 Å². The Bertz CT molecular complexity index is 961. The van der Waals surface area contributed by atoms with Gasteiger partial charge in [0.2, 0.25) is 0 Å². The average Bonchev–Trinajstić information content (AvgIpc) is 3.16. The number of nitrogens with zero attached hydrogens (tertiary/aromatic N) is 3. The fourth-order valence-electron chi connectivity index (χ4n) is 3.35. The molecule has 3 heterocycles. The predicted molar refractivity (Wildman–Crippen MR) is 109 cm³/mol. The molecule has 0 unspecified atom stereocenters. The normalized spacial score (nSPS) is 12.9. The zero-order valence-electron chi connectivity index (χ0n) is 16.4. The SMILES string of the molecule is CCOc1cc(C(=O)Nc2cc3n(n2)CCCC3)ccc1OCc1cccnc1. The van der Waals surface area contributed by atoms with Crippen molar-refractivity contribution in [2.45, 2.75) is 39.3 Å². The molecule has 1 aromatic carbocycles. The van der Waals surface area contributed by atoms with Gasteiger partial charge in [-0.25, -0.2) is 0 Å². The van der Waals surface area contributed by atoms with Crippen molar-refractivity contribution in [2.75, 3.05) is 11.9 Å². The minimum atomic E-state index is -0.222. The van der Waals surface area contributed by atoms with Crippen LogP contribution in [0.1, 0.15) is 41.4 Å². The third-order valence-electron chi connectivity index (χ3n) is 4.78. The van der Waals surface area contributed by atoms with Gasteiger partial charge in [-0.1, -0.05) is 6.07 Å². The molecule has 0 saturated carbocycles. The molecule has 0 radical (unpaired) electrons. The van der Waals surface area contributed by atoms with E-state index in [-0.39, 0.29) is 5.91 Å². The molecule has 0 fully saturated rings. The van der Waals surface area contributed by atoms with Crippen molar-refractivity contribution in [1.29, 1.82) is 0 Å². The third-order valence-corrected chi connectivity index (χ3v) is 4.78. The quantitative estimate of drug-likeness (QED) is 0.661. The maximum absolute atomic E-state index is 12.7. The van der Waals surface area contributed by atoms with E-state index in [1.165, 1.54) is 5.69 Å². The lowest BCUT2D eigenvalue weighted by molar-refractivity contribution is 0.102. The van der Waals surface area contributed by atoms with E-state index >= 15 is 0 Å². The van der Waals surface area contributed by atoms with E-state index in [0.717, 1.165) is 31.4 Å². The topological polar surface area (TPSA) is 78.3 Å². The van der Waals surface area contributed by atoms with Crippen molar-refractivity contribution in [1.82, 2.24) is 14.8 Å². The van der Waals surface area contributed by atoms with Crippen LogP contribution in [0, 0.1) is 0 Å². The van der Waals surface area contributed by atoms with Gasteiger partial charge in [0, 0.05) is 41.8 Å². The first-order valence-corrected chi connectivity index (χ1v) is 9.89. The molecule has 2 aromatic heterocycles. The van der Waals surface area contributed by atoms with Gasteiger partial charge in [0.25, 0.3) is 5.91 Å². The first-order valence-electron chi connectivity index (χ1n) is 9.89. The largest absolute Gasteiger partial charge is 0.490 e. The van der Waals surface area contributed by atoms with Crippen LogP contribution < -0.4 is 14.8 Å². The molecule has 1 aliphatic heterocycles. The number of aryl methyl sites for hydroxylation is 2. The van der Waals surface area contributed by atoms with E-state index in [1.807, 2.05) is 29.8 Å². The number of ether oxygens (including phenoxy) is 2. The van der Waals surface area contributed by atoms with E-state index in [0.29, 0.717) is 36.1 Å². The number of amides is 1. The molecule has 7 nitrogen and oxygen atoms in total. The maximum Gasteiger partial charge on any atom is 0.257 e. The number of pyridine rings is 1. The molecular formula is C22H24N4O3. The van der Waals surface area contributed by atoms with Gasteiger partial charge >= 0.3 is 0 Å². The number of hydrogen-bond donors (Lipinski definition) is 1. The van der Waals surface area contributed by atoms with Crippen molar-refractivity contribution in [3.8, 4) is 11.5 Å². The Morgan fingerprint density at radius 2 is 2.10 bits per heavy atom. The highest BCUT2D eigenvalue weighted by Gasteiger charge is 2.16. The molecule has 3 aromatic rings. The first-order chi connectivity index (χ1) is 14.2. The van der Waals surface area contributed by atoms with Gasteiger partial charge in [0.05, 0.1) is 6.61 Å². The Morgan fingerprint density at radius 1 is 1.17 bits per heavy atom. The van der Waals surface area contributed by atoms with Crippen LogP contribution in [-0.4, -0.2) is 27.3 Å². The van der Waals surface area contributed by atoms with Crippen LogP contribution >= 0.6 is 0 Å². The Balaban J connectivity index is 1.47. The van der Waals surface area contributed by atoms with Crippen LogP contribution in [0.5, 0.6) is 11.5 Å². The number of aromatic nitrogens is 3. The monoisotopic (exact) mass is 392 g/mol. The molecule has 29 heavy (non-hydrogen) atoms. The highest BCUT2D eigenvalue weighted by Crippen LogP contribution is 2.30. The Hall–Kier alpha value is -3.35. The summed E-state index contributed by atoms with van der Waals surface area (Å²) in [7, 11) is 0. The highest BCUT2D eigenvalue weighted by molar-refractivity contribution is 6.04. The molecule has 1 N–H and O–H groups in total. The van der Waals surface area contributed by atoms with Gasteiger partial charge in [-0.3, -0.25) is 14.5 Å². The van der Waals surface area contributed by atoms with Gasteiger partial charge in [0.15, 0.2) is 17.3 Å². The van der Waals surface area contributed by atoms with Crippen LogP contribution in [0.4, 0.5) is 5.82 Å². The number of nitrogens with one attached hydrogen (secondary N) is 1. The molecule has 1 aliphatic rings. The number of fused-ring (bicyclic) bond motifs is 1. The highest BCUT2D eigenvalue weighted by atomic mass is 16.5. The Labute approximate surface area is 169 Å². The minimum Gasteiger partial charge on any atom is -0.490 e. The lowest BCUT2D eigenvalue weighted by Crippen LogP contribution is -2.14. The van der Waals surface area contributed by atoms with Crippen molar-refractivity contribution in [3.63, 3.8) is 0 Å². The van der Waals surface area contributed by atoms with E-state index in [1.54, 1.807) is 30.6 Å². The molecule has 4 rings (SSSR count). The summed E-state index contributed by atoms with van der Waals surface area (Å²) in [5, 5.41) is 7.36. The summed E-state index contributed by atoms with van der Waals surface area (Å²) >= 11 is 0. The smallest absolute Gasteiger partial charge is 0.257 e. The molecule has 0 atom stereocenters. The van der Waals surface area contributed by atoms with Crippen LogP contribution in [0.3, 0.4) is 0 Å². The maximum atomic E-state index is 12.7. The molecule has 150 valence electrons. The number of carbonyl (C=O) groups excluding carboxylic acids is 1. The number of anilines is 1. The van der Waals surface area contributed by atoms with Crippen molar-refractivity contribution in [2.24, 2.45) is 0 Å². The summed E-state index contributed by atoms with van der Waals surface area (Å²) in [6.45, 7) is 3.65. The lowest BCUT2D eigenvalue weighted by Gasteiger charge is -2.13. The number of carbonyl (C=O) groups is 1. The number of rotatable bonds is 7. The fraction of sp³-hybridized carbons (Fsp3) is 0.318. The predicted octanol–water partition coefficient (Wildman–Crippen LogP) is 3.84. The second-order valence-electron chi connectivity index (χ2n) is 6.90. The van der Waals surface area contributed by atoms with Gasteiger partial charge in [-0.05, 0) is 50.5 Å². The van der Waals surface area contributed by atoms with Crippen LogP contribution in [0.2, 0.25) is 0 Å². The zero-order valence-corrected chi connectivity index (χ0v) is 16.4. The van der Waals surface area contributed by atoms with Crippen LogP contribution in [-0.2, 0) is 19.6 Å². The molecule has 0 spiro atoms. The fourth-order valence-corrected chi connectivity index (χ4v) is 3.35. The standard InChI is InChI=1S/C22H24N4O3/c1-2-28-20-12-17(8-9-19(20)29-15-16-6-5-10-23-14-16)22(27)24-21-13-18-7-3-4-11-26(18)25-21/h5-6,8-10,12-14H,2-4,7,11,15H2,1H3,(H,24,25,27). The number of hydrogen-bond acceptors (Lipinski definition) is 5. The number of benzene rings is 1. The Morgan fingerprint density at radius 3 is 2.90 bits per heavy atom. The van der Waals surface area contributed by atoms with Crippen molar-refractivity contribution < 1.29 is 14.3 Å². The molecular weight excluding hydrogens is 368 g/mol. The molecule has 0 saturated heterocycles. The van der Waals surface area contributed by atoms with Gasteiger partial charge in [-0.15, -0.1) is 0 Å². The van der Waals surface area contributed by atoms with Crippen LogP contribution in [0.25, 0.3) is 0 Å². The summed E-state index contributed by atoms with van der Waals surface area (Å²) in [6.07, 6.45) is 6.77. The first kappa shape index (κ1) is 19.0. The molecule has 1 amide bonds. The van der Waals surface area contributed by atoms with Crippen molar-refractivity contribution in [3.05, 3.63) is 65.6 Å². The molecule has 0 aliphatic carbocycles. The third kappa shape index (κ3) is 4.56. The van der Waals surface area contributed by atoms with E-state index in [2.05, 4.69) is 15.4 Å². The van der Waals surface area contributed by atoms with Gasteiger partial charge < -0.3 is 14.8 Å². The summed E-state index contributed by atoms with van der Waals surface area (Å²) in [5.74, 6) is 1.49. The second-order valence-corrected chi connectivity index (χ2v) is 6.90. The summed E-state index contributed by atoms with van der Waals surface area (Å²) in [5.41, 5.74) is 2.62.